The molecule has 0 aliphatic rings. The minimum absolute atomic E-state index is 0.256. The molecule has 0 heterocycles. The molecular formula is C9H12O2. The lowest BCUT2D eigenvalue weighted by molar-refractivity contribution is -0.137. The van der Waals surface area contributed by atoms with Crippen molar-refractivity contribution in [2.75, 3.05) is 0 Å². The maximum Gasteiger partial charge on any atom is 0.315 e. The van der Waals surface area contributed by atoms with Crippen molar-refractivity contribution in [1.29, 1.82) is 0 Å². The van der Waals surface area contributed by atoms with Crippen LogP contribution in [-0.2, 0) is 9.53 Å². The molecule has 0 aliphatic carbocycles. The van der Waals surface area contributed by atoms with Gasteiger partial charge in [-0.25, -0.2) is 0 Å². The average molecular weight is 152 g/mol. The van der Waals surface area contributed by atoms with E-state index in [1.807, 2.05) is 13.0 Å². The molecule has 0 atom stereocenters. The molecule has 0 aromatic heterocycles. The van der Waals surface area contributed by atoms with Crippen molar-refractivity contribution in [2.45, 2.75) is 13.3 Å². The number of hydrogen-bond donors (Lipinski definition) is 0. The van der Waals surface area contributed by atoms with Gasteiger partial charge in [0.1, 0.15) is 0 Å². The van der Waals surface area contributed by atoms with E-state index in [0.29, 0.717) is 0 Å². The van der Waals surface area contributed by atoms with Crippen LogP contribution in [0.25, 0.3) is 0 Å². The maximum absolute atomic E-state index is 10.8. The molecule has 0 unspecified atom stereocenters. The van der Waals surface area contributed by atoms with Gasteiger partial charge in [0.25, 0.3) is 0 Å². The lowest BCUT2D eigenvalue weighted by Gasteiger charge is -1.98. The van der Waals surface area contributed by atoms with Crippen LogP contribution in [0.15, 0.2) is 37.1 Å². The van der Waals surface area contributed by atoms with Crippen LogP contribution in [0.1, 0.15) is 13.3 Å². The van der Waals surface area contributed by atoms with Crippen LogP contribution in [0.2, 0.25) is 0 Å². The molecule has 0 aliphatic heterocycles. The summed E-state index contributed by atoms with van der Waals surface area (Å²) in [5, 5.41) is 0. The highest BCUT2D eigenvalue weighted by molar-refractivity contribution is 5.73. The number of rotatable bonds is 4. The first-order chi connectivity index (χ1) is 5.24. The van der Waals surface area contributed by atoms with E-state index < -0.39 is 0 Å². The van der Waals surface area contributed by atoms with Gasteiger partial charge < -0.3 is 4.74 Å². The van der Waals surface area contributed by atoms with Gasteiger partial charge in [0, 0.05) is 0 Å². The molecule has 60 valence electrons. The van der Waals surface area contributed by atoms with Gasteiger partial charge >= 0.3 is 5.97 Å². The Kier molecular flexibility index (Phi) is 4.82. The molecule has 0 bridgehead atoms. The van der Waals surface area contributed by atoms with Crippen molar-refractivity contribution >= 4 is 5.97 Å². The van der Waals surface area contributed by atoms with Crippen molar-refractivity contribution < 1.29 is 9.53 Å². The van der Waals surface area contributed by atoms with E-state index in [1.165, 1.54) is 0 Å². The highest BCUT2D eigenvalue weighted by atomic mass is 16.5. The second kappa shape index (κ2) is 5.47. The minimum Gasteiger partial charge on any atom is -0.435 e. The summed E-state index contributed by atoms with van der Waals surface area (Å²) in [7, 11) is 0. The predicted molar refractivity (Wildman–Crippen MR) is 44.9 cm³/mol. The summed E-state index contributed by atoms with van der Waals surface area (Å²) in [4.78, 5) is 10.8. The van der Waals surface area contributed by atoms with E-state index in [4.69, 9.17) is 0 Å². The Morgan fingerprint density at radius 2 is 2.18 bits per heavy atom. The largest absolute Gasteiger partial charge is 0.435 e. The van der Waals surface area contributed by atoms with Crippen molar-refractivity contribution in [3.63, 3.8) is 0 Å². The second-order valence-electron chi connectivity index (χ2n) is 1.90. The number of carbonyl (C=O) groups excluding carboxylic acids is 1. The van der Waals surface area contributed by atoms with Crippen LogP contribution in [-0.4, -0.2) is 5.97 Å². The van der Waals surface area contributed by atoms with Crippen molar-refractivity contribution in [3.05, 3.63) is 37.1 Å². The number of carbonyl (C=O) groups is 1. The zero-order valence-corrected chi connectivity index (χ0v) is 6.67. The molecule has 0 radical (unpaired) electrons. The van der Waals surface area contributed by atoms with Crippen LogP contribution in [0.5, 0.6) is 0 Å². The highest BCUT2D eigenvalue weighted by Crippen LogP contribution is 2.03. The van der Waals surface area contributed by atoms with Gasteiger partial charge in [0.2, 0.25) is 0 Å². The van der Waals surface area contributed by atoms with E-state index in [0.717, 1.165) is 11.8 Å². The first-order valence-electron chi connectivity index (χ1n) is 3.32. The van der Waals surface area contributed by atoms with E-state index >= 15 is 0 Å². The number of esters is 1. The molecule has 0 rings (SSSR count). The number of allylic oxidation sites excluding steroid dienone is 2. The van der Waals surface area contributed by atoms with Gasteiger partial charge in [0.05, 0.1) is 12.7 Å². The van der Waals surface area contributed by atoms with Gasteiger partial charge in [-0.3, -0.25) is 4.79 Å². The highest BCUT2D eigenvalue weighted by Gasteiger charge is 2.01. The third kappa shape index (κ3) is 4.14. The monoisotopic (exact) mass is 152 g/mol. The topological polar surface area (TPSA) is 26.3 Å². The third-order valence-corrected chi connectivity index (χ3v) is 1.20. The lowest BCUT2D eigenvalue weighted by Crippen LogP contribution is -1.99. The summed E-state index contributed by atoms with van der Waals surface area (Å²) in [5.41, 5.74) is 0.858. The molecule has 0 fully saturated rings. The van der Waals surface area contributed by atoms with Gasteiger partial charge in [0.15, 0.2) is 0 Å². The van der Waals surface area contributed by atoms with Gasteiger partial charge in [-0.05, 0) is 12.5 Å². The Morgan fingerprint density at radius 3 is 2.55 bits per heavy atom. The minimum atomic E-state index is -0.312. The zero-order chi connectivity index (χ0) is 8.69. The molecule has 0 aromatic carbocycles. The molecule has 0 amide bonds. The Labute approximate surface area is 66.9 Å². The van der Waals surface area contributed by atoms with Crippen LogP contribution < -0.4 is 0 Å². The predicted octanol–water partition coefficient (Wildman–Crippen LogP) is 2.20. The number of hydrogen-bond acceptors (Lipinski definition) is 2. The molecule has 0 saturated carbocycles. The van der Waals surface area contributed by atoms with Crippen LogP contribution in [0.4, 0.5) is 0 Å². The quantitative estimate of drug-likeness (QED) is 0.350. The summed E-state index contributed by atoms with van der Waals surface area (Å²) in [5.74, 6) is -0.312. The molecule has 0 saturated heterocycles. The summed E-state index contributed by atoms with van der Waals surface area (Å²) in [6.07, 6.45) is 4.83. The van der Waals surface area contributed by atoms with Crippen LogP contribution in [0, 0.1) is 0 Å². The van der Waals surface area contributed by atoms with Crippen LogP contribution >= 0.6 is 0 Å². The van der Waals surface area contributed by atoms with E-state index in [9.17, 15) is 4.79 Å². The second-order valence-corrected chi connectivity index (χ2v) is 1.90. The molecule has 0 aromatic rings. The SMILES string of the molecule is C=COC(=O)CC(C=C)=CC. The Balaban J connectivity index is 3.91. The Hall–Kier alpha value is -1.31. The van der Waals surface area contributed by atoms with Gasteiger partial charge in [-0.15, -0.1) is 0 Å². The first-order valence-corrected chi connectivity index (χ1v) is 3.32. The molecule has 0 spiro atoms. The van der Waals surface area contributed by atoms with Crippen molar-refractivity contribution in [3.8, 4) is 0 Å². The average Bonchev–Trinajstić information content (AvgIpc) is 2.01. The van der Waals surface area contributed by atoms with E-state index in [-0.39, 0.29) is 12.4 Å². The fourth-order valence-corrected chi connectivity index (χ4v) is 0.593. The standard InChI is InChI=1S/C9H12O2/c1-4-8(5-2)7-9(10)11-6-3/h4-6H,1,3,7H2,2H3. The van der Waals surface area contributed by atoms with Crippen molar-refractivity contribution in [1.82, 2.24) is 0 Å². The van der Waals surface area contributed by atoms with Crippen LogP contribution in [0.3, 0.4) is 0 Å². The molecular weight excluding hydrogens is 140 g/mol. The van der Waals surface area contributed by atoms with Gasteiger partial charge in [-0.2, -0.15) is 0 Å². The zero-order valence-electron chi connectivity index (χ0n) is 6.67. The smallest absolute Gasteiger partial charge is 0.315 e. The number of ether oxygens (including phenoxy) is 1. The van der Waals surface area contributed by atoms with E-state index in [1.54, 1.807) is 6.08 Å². The fourth-order valence-electron chi connectivity index (χ4n) is 0.593. The lowest BCUT2D eigenvalue weighted by atomic mass is 10.2. The molecule has 0 N–H and O–H groups in total. The molecule has 11 heavy (non-hydrogen) atoms. The Morgan fingerprint density at radius 1 is 1.55 bits per heavy atom. The summed E-state index contributed by atoms with van der Waals surface area (Å²) in [6.45, 7) is 8.66. The maximum atomic E-state index is 10.8. The van der Waals surface area contributed by atoms with Crippen molar-refractivity contribution in [2.24, 2.45) is 0 Å². The summed E-state index contributed by atoms with van der Waals surface area (Å²) in [6, 6.07) is 0. The third-order valence-electron chi connectivity index (χ3n) is 1.20. The van der Waals surface area contributed by atoms with E-state index in [2.05, 4.69) is 17.9 Å². The normalized spacial score (nSPS) is 10.5. The Bertz CT molecular complexity index is 190. The molecule has 2 nitrogen and oxygen atoms in total. The summed E-state index contributed by atoms with van der Waals surface area (Å²) < 4.78 is 4.51. The summed E-state index contributed by atoms with van der Waals surface area (Å²) >= 11 is 0. The fraction of sp³-hybridized carbons (Fsp3) is 0.222. The molecule has 2 heteroatoms. The van der Waals surface area contributed by atoms with Gasteiger partial charge in [-0.1, -0.05) is 25.3 Å². The first kappa shape index (κ1) is 9.69.